The van der Waals surface area contributed by atoms with Crippen LogP contribution in [0.1, 0.15) is 32.7 Å². The summed E-state index contributed by atoms with van der Waals surface area (Å²) in [5, 5.41) is 0. The molecular formula is C19H17NO4. The first kappa shape index (κ1) is 15.9. The van der Waals surface area contributed by atoms with Gasteiger partial charge < -0.3 is 4.74 Å². The molecule has 0 saturated heterocycles. The SMILES string of the molecule is O=C(CCc1ccccc1)OCCN1C(=O)c2ccccc2C1=O. The number of fused-ring (bicyclic) bond motifs is 1. The third kappa shape index (κ3) is 3.35. The number of benzene rings is 2. The lowest BCUT2D eigenvalue weighted by molar-refractivity contribution is -0.143. The molecule has 1 aliphatic heterocycles. The number of carbonyl (C=O) groups excluding carboxylic acids is 3. The van der Waals surface area contributed by atoms with Gasteiger partial charge in [0.2, 0.25) is 0 Å². The minimum atomic E-state index is -0.338. The van der Waals surface area contributed by atoms with Crippen molar-refractivity contribution in [2.24, 2.45) is 0 Å². The molecule has 5 nitrogen and oxygen atoms in total. The van der Waals surface area contributed by atoms with E-state index >= 15 is 0 Å². The smallest absolute Gasteiger partial charge is 0.306 e. The van der Waals surface area contributed by atoms with Gasteiger partial charge in [-0.3, -0.25) is 19.3 Å². The Hall–Kier alpha value is -2.95. The molecule has 0 fully saturated rings. The first-order valence-electron chi connectivity index (χ1n) is 7.81. The molecule has 0 N–H and O–H groups in total. The molecule has 1 aliphatic rings. The molecule has 0 spiro atoms. The maximum Gasteiger partial charge on any atom is 0.306 e. The highest BCUT2D eigenvalue weighted by Crippen LogP contribution is 2.21. The van der Waals surface area contributed by atoms with E-state index in [9.17, 15) is 14.4 Å². The van der Waals surface area contributed by atoms with Gasteiger partial charge >= 0.3 is 5.97 Å². The number of hydrogen-bond acceptors (Lipinski definition) is 4. The van der Waals surface area contributed by atoms with Gasteiger partial charge in [0.1, 0.15) is 6.61 Å². The average Bonchev–Trinajstić information content (AvgIpc) is 2.86. The number of nitrogens with zero attached hydrogens (tertiary/aromatic N) is 1. The Labute approximate surface area is 139 Å². The van der Waals surface area contributed by atoms with Crippen LogP contribution in [0.4, 0.5) is 0 Å². The Morgan fingerprint density at radius 2 is 1.46 bits per heavy atom. The van der Waals surface area contributed by atoms with E-state index in [1.807, 2.05) is 30.3 Å². The van der Waals surface area contributed by atoms with Crippen molar-refractivity contribution in [2.75, 3.05) is 13.2 Å². The molecule has 0 atom stereocenters. The largest absolute Gasteiger partial charge is 0.464 e. The summed E-state index contributed by atoms with van der Waals surface area (Å²) in [6.07, 6.45) is 0.874. The molecule has 3 rings (SSSR count). The van der Waals surface area contributed by atoms with Crippen molar-refractivity contribution in [3.8, 4) is 0 Å². The van der Waals surface area contributed by atoms with Crippen LogP contribution in [0.25, 0.3) is 0 Å². The zero-order chi connectivity index (χ0) is 16.9. The molecule has 2 aromatic rings. The molecule has 24 heavy (non-hydrogen) atoms. The van der Waals surface area contributed by atoms with Gasteiger partial charge in [0, 0.05) is 6.42 Å². The van der Waals surface area contributed by atoms with Gasteiger partial charge in [0.05, 0.1) is 17.7 Å². The number of ether oxygens (including phenoxy) is 1. The standard InChI is InChI=1S/C19H17NO4/c21-17(11-10-14-6-2-1-3-7-14)24-13-12-20-18(22)15-8-4-5-9-16(15)19(20)23/h1-9H,10-13H2. The Bertz CT molecular complexity index is 735. The summed E-state index contributed by atoms with van der Waals surface area (Å²) >= 11 is 0. The van der Waals surface area contributed by atoms with E-state index < -0.39 is 0 Å². The van der Waals surface area contributed by atoms with E-state index in [0.717, 1.165) is 10.5 Å². The van der Waals surface area contributed by atoms with Crippen molar-refractivity contribution in [1.29, 1.82) is 0 Å². The fraction of sp³-hybridized carbons (Fsp3) is 0.211. The molecule has 0 saturated carbocycles. The number of aryl methyl sites for hydroxylation is 1. The van der Waals surface area contributed by atoms with Crippen molar-refractivity contribution in [3.05, 3.63) is 71.3 Å². The highest BCUT2D eigenvalue weighted by Gasteiger charge is 2.34. The topological polar surface area (TPSA) is 63.7 Å². The third-order valence-corrected chi connectivity index (χ3v) is 3.92. The lowest BCUT2D eigenvalue weighted by Gasteiger charge is -2.13. The van der Waals surface area contributed by atoms with Gasteiger partial charge in [0.25, 0.3) is 11.8 Å². The second kappa shape index (κ2) is 7.08. The molecule has 122 valence electrons. The van der Waals surface area contributed by atoms with Crippen molar-refractivity contribution >= 4 is 17.8 Å². The highest BCUT2D eigenvalue weighted by atomic mass is 16.5. The number of rotatable bonds is 6. The van der Waals surface area contributed by atoms with E-state index in [1.54, 1.807) is 24.3 Å². The summed E-state index contributed by atoms with van der Waals surface area (Å²) in [4.78, 5) is 37.2. The van der Waals surface area contributed by atoms with E-state index in [-0.39, 0.29) is 37.4 Å². The van der Waals surface area contributed by atoms with Crippen molar-refractivity contribution in [1.82, 2.24) is 4.90 Å². The van der Waals surface area contributed by atoms with E-state index in [1.165, 1.54) is 0 Å². The summed E-state index contributed by atoms with van der Waals surface area (Å²) in [6.45, 7) is 0.0858. The van der Waals surface area contributed by atoms with E-state index in [2.05, 4.69) is 0 Å². The predicted molar refractivity (Wildman–Crippen MR) is 87.5 cm³/mol. The Balaban J connectivity index is 1.46. The van der Waals surface area contributed by atoms with Gasteiger partial charge in [-0.2, -0.15) is 0 Å². The fourth-order valence-corrected chi connectivity index (χ4v) is 2.66. The lowest BCUT2D eigenvalue weighted by atomic mass is 10.1. The molecule has 0 unspecified atom stereocenters. The zero-order valence-corrected chi connectivity index (χ0v) is 13.1. The second-order valence-corrected chi connectivity index (χ2v) is 5.51. The monoisotopic (exact) mass is 323 g/mol. The van der Waals surface area contributed by atoms with Crippen molar-refractivity contribution in [3.63, 3.8) is 0 Å². The number of carbonyl (C=O) groups is 3. The quantitative estimate of drug-likeness (QED) is 0.605. The predicted octanol–water partition coefficient (Wildman–Crippen LogP) is 2.46. The van der Waals surface area contributed by atoms with Crippen molar-refractivity contribution in [2.45, 2.75) is 12.8 Å². The number of esters is 1. The highest BCUT2D eigenvalue weighted by molar-refractivity contribution is 6.21. The van der Waals surface area contributed by atoms with Gasteiger partial charge in [-0.1, -0.05) is 42.5 Å². The minimum absolute atomic E-state index is 0.0130. The van der Waals surface area contributed by atoms with E-state index in [4.69, 9.17) is 4.74 Å². The van der Waals surface area contributed by atoms with Crippen LogP contribution in [0.2, 0.25) is 0 Å². The fourth-order valence-electron chi connectivity index (χ4n) is 2.66. The molecule has 1 heterocycles. The third-order valence-electron chi connectivity index (χ3n) is 3.92. The average molecular weight is 323 g/mol. The van der Waals surface area contributed by atoms with Crippen LogP contribution in [-0.2, 0) is 16.0 Å². The summed E-state index contributed by atoms with van der Waals surface area (Å²) in [6, 6.07) is 16.4. The maximum absolute atomic E-state index is 12.2. The normalized spacial score (nSPS) is 13.1. The molecule has 0 aromatic heterocycles. The van der Waals surface area contributed by atoms with Crippen LogP contribution >= 0.6 is 0 Å². The van der Waals surface area contributed by atoms with Gasteiger partial charge in [0.15, 0.2) is 0 Å². The van der Waals surface area contributed by atoms with Crippen molar-refractivity contribution < 1.29 is 19.1 Å². The molecule has 2 aromatic carbocycles. The van der Waals surface area contributed by atoms with Gasteiger partial charge in [-0.05, 0) is 24.1 Å². The molecule has 5 heteroatoms. The Morgan fingerprint density at radius 3 is 2.08 bits per heavy atom. The molecule has 0 aliphatic carbocycles. The summed E-state index contributed by atoms with van der Waals surface area (Å²) in [5.74, 6) is -1.01. The summed E-state index contributed by atoms with van der Waals surface area (Å²) in [5.41, 5.74) is 1.87. The number of hydrogen-bond donors (Lipinski definition) is 0. The van der Waals surface area contributed by atoms with Gasteiger partial charge in [-0.25, -0.2) is 0 Å². The second-order valence-electron chi connectivity index (χ2n) is 5.51. The van der Waals surface area contributed by atoms with Crippen LogP contribution in [0.15, 0.2) is 54.6 Å². The van der Waals surface area contributed by atoms with Crippen LogP contribution in [0, 0.1) is 0 Å². The number of imide groups is 1. The minimum Gasteiger partial charge on any atom is -0.464 e. The van der Waals surface area contributed by atoms with Crippen LogP contribution < -0.4 is 0 Å². The van der Waals surface area contributed by atoms with Gasteiger partial charge in [-0.15, -0.1) is 0 Å². The lowest BCUT2D eigenvalue weighted by Crippen LogP contribution is -2.33. The summed E-state index contributed by atoms with van der Waals surface area (Å²) in [7, 11) is 0. The molecule has 0 radical (unpaired) electrons. The first-order chi connectivity index (χ1) is 11.7. The molecular weight excluding hydrogens is 306 g/mol. The maximum atomic E-state index is 12.2. The summed E-state index contributed by atoms with van der Waals surface area (Å²) < 4.78 is 5.14. The number of amides is 2. The molecule has 0 bridgehead atoms. The molecule has 2 amide bonds. The zero-order valence-electron chi connectivity index (χ0n) is 13.1. The van der Waals surface area contributed by atoms with E-state index in [0.29, 0.717) is 17.5 Å². The van der Waals surface area contributed by atoms with Crippen LogP contribution in [0.3, 0.4) is 0 Å². The first-order valence-corrected chi connectivity index (χ1v) is 7.81. The Kier molecular flexibility index (Phi) is 4.70. The van der Waals surface area contributed by atoms with Crippen LogP contribution in [-0.4, -0.2) is 35.8 Å². The van der Waals surface area contributed by atoms with Crippen LogP contribution in [0.5, 0.6) is 0 Å². The Morgan fingerprint density at radius 1 is 0.875 bits per heavy atom.